The van der Waals surface area contributed by atoms with Crippen LogP contribution in [0.3, 0.4) is 0 Å². The number of phenols is 1. The van der Waals surface area contributed by atoms with Gasteiger partial charge < -0.3 is 15.2 Å². The summed E-state index contributed by atoms with van der Waals surface area (Å²) < 4.78 is 5.89. The molecule has 0 bridgehead atoms. The number of phenolic OH excluding ortho intramolecular Hbond substituents is 1. The number of aromatic hydroxyl groups is 1. The van der Waals surface area contributed by atoms with Crippen LogP contribution < -0.4 is 10.1 Å². The van der Waals surface area contributed by atoms with E-state index in [2.05, 4.69) is 30.4 Å². The fourth-order valence-corrected chi connectivity index (χ4v) is 2.67. The van der Waals surface area contributed by atoms with Crippen molar-refractivity contribution in [3.8, 4) is 11.5 Å². The Morgan fingerprint density at radius 2 is 1.95 bits per heavy atom. The van der Waals surface area contributed by atoms with Gasteiger partial charge in [-0.1, -0.05) is 18.2 Å². The van der Waals surface area contributed by atoms with Crippen LogP contribution in [0.5, 0.6) is 11.5 Å². The molecule has 0 saturated heterocycles. The van der Waals surface area contributed by atoms with Gasteiger partial charge in [-0.25, -0.2) is 0 Å². The molecule has 1 aliphatic heterocycles. The fourth-order valence-electron chi connectivity index (χ4n) is 2.67. The van der Waals surface area contributed by atoms with Crippen LogP contribution in [0.15, 0.2) is 42.5 Å². The molecule has 1 unspecified atom stereocenters. The summed E-state index contributed by atoms with van der Waals surface area (Å²) in [7, 11) is 0. The lowest BCUT2D eigenvalue weighted by Gasteiger charge is -2.20. The van der Waals surface area contributed by atoms with E-state index in [1.54, 1.807) is 12.1 Å². The number of ether oxygens (including phenoxy) is 1. The molecule has 0 saturated carbocycles. The van der Waals surface area contributed by atoms with Gasteiger partial charge in [0, 0.05) is 11.3 Å². The van der Waals surface area contributed by atoms with Crippen LogP contribution >= 0.6 is 0 Å². The van der Waals surface area contributed by atoms with Crippen molar-refractivity contribution in [2.45, 2.75) is 25.8 Å². The van der Waals surface area contributed by atoms with Gasteiger partial charge in [-0.15, -0.1) is 0 Å². The van der Waals surface area contributed by atoms with Gasteiger partial charge in [-0.2, -0.15) is 0 Å². The fraction of sp³-hybridized carbons (Fsp3) is 0.294. The molecule has 0 aromatic heterocycles. The van der Waals surface area contributed by atoms with E-state index in [-0.39, 0.29) is 11.8 Å². The molecule has 0 spiro atoms. The number of nitrogens with one attached hydrogen (secondary N) is 1. The van der Waals surface area contributed by atoms with Crippen LogP contribution in [0.25, 0.3) is 0 Å². The highest BCUT2D eigenvalue weighted by molar-refractivity contribution is 5.51. The highest BCUT2D eigenvalue weighted by Gasteiger charge is 2.20. The Hall–Kier alpha value is -2.16. The van der Waals surface area contributed by atoms with Crippen molar-refractivity contribution in [1.29, 1.82) is 0 Å². The summed E-state index contributed by atoms with van der Waals surface area (Å²) in [6.45, 7) is 2.85. The summed E-state index contributed by atoms with van der Waals surface area (Å²) in [6.07, 6.45) is 2.07. The first-order chi connectivity index (χ1) is 9.74. The standard InChI is InChI=1S/C17H19NO2/c1-12-4-2-5-15-16(6-3-11-20-17(12)15)18-13-7-9-14(19)10-8-13/h2,4-5,7-10,16,18-19H,3,6,11H2,1H3. The first-order valence-corrected chi connectivity index (χ1v) is 7.02. The maximum atomic E-state index is 9.35. The number of fused-ring (bicyclic) bond motifs is 1. The van der Waals surface area contributed by atoms with Crippen molar-refractivity contribution >= 4 is 5.69 Å². The van der Waals surface area contributed by atoms with E-state index in [1.807, 2.05) is 12.1 Å². The number of anilines is 1. The summed E-state index contributed by atoms with van der Waals surface area (Å²) in [4.78, 5) is 0. The van der Waals surface area contributed by atoms with Crippen LogP contribution in [0.2, 0.25) is 0 Å². The van der Waals surface area contributed by atoms with Gasteiger partial charge >= 0.3 is 0 Å². The second kappa shape index (κ2) is 5.45. The number of rotatable bonds is 2. The Morgan fingerprint density at radius 1 is 1.15 bits per heavy atom. The van der Waals surface area contributed by atoms with Gasteiger partial charge in [-0.3, -0.25) is 0 Å². The van der Waals surface area contributed by atoms with E-state index in [0.29, 0.717) is 0 Å². The molecular formula is C17H19NO2. The summed E-state index contributed by atoms with van der Waals surface area (Å²) in [5.41, 5.74) is 3.42. The third-order valence-electron chi connectivity index (χ3n) is 3.71. The van der Waals surface area contributed by atoms with E-state index in [4.69, 9.17) is 4.74 Å². The number of hydrogen-bond donors (Lipinski definition) is 2. The second-order valence-corrected chi connectivity index (χ2v) is 5.23. The SMILES string of the molecule is Cc1cccc2c1OCCCC2Nc1ccc(O)cc1. The molecule has 0 radical (unpaired) electrons. The lowest BCUT2D eigenvalue weighted by Crippen LogP contribution is -2.10. The topological polar surface area (TPSA) is 41.5 Å². The average Bonchev–Trinajstić information content (AvgIpc) is 2.65. The Bertz CT molecular complexity index is 592. The normalized spacial score (nSPS) is 17.8. The molecule has 20 heavy (non-hydrogen) atoms. The first-order valence-electron chi connectivity index (χ1n) is 7.02. The molecule has 3 rings (SSSR count). The molecule has 2 N–H and O–H groups in total. The molecule has 1 heterocycles. The van der Waals surface area contributed by atoms with Crippen molar-refractivity contribution in [3.63, 3.8) is 0 Å². The third kappa shape index (κ3) is 2.57. The van der Waals surface area contributed by atoms with E-state index >= 15 is 0 Å². The second-order valence-electron chi connectivity index (χ2n) is 5.23. The van der Waals surface area contributed by atoms with Crippen LogP contribution in [-0.2, 0) is 0 Å². The Labute approximate surface area is 119 Å². The molecule has 1 aliphatic rings. The molecule has 0 amide bonds. The molecule has 0 aliphatic carbocycles. The number of aryl methyl sites for hydroxylation is 1. The van der Waals surface area contributed by atoms with Crippen molar-refractivity contribution in [3.05, 3.63) is 53.6 Å². The van der Waals surface area contributed by atoms with Crippen LogP contribution in [-0.4, -0.2) is 11.7 Å². The van der Waals surface area contributed by atoms with Crippen LogP contribution in [0.1, 0.15) is 30.0 Å². The third-order valence-corrected chi connectivity index (χ3v) is 3.71. The monoisotopic (exact) mass is 269 g/mol. The zero-order chi connectivity index (χ0) is 13.9. The molecule has 104 valence electrons. The summed E-state index contributed by atoms with van der Waals surface area (Å²) in [5.74, 6) is 1.30. The lowest BCUT2D eigenvalue weighted by molar-refractivity contribution is 0.314. The highest BCUT2D eigenvalue weighted by atomic mass is 16.5. The Balaban J connectivity index is 1.90. The average molecular weight is 269 g/mol. The quantitative estimate of drug-likeness (QED) is 0.809. The molecule has 2 aromatic rings. The van der Waals surface area contributed by atoms with Gasteiger partial charge in [0.2, 0.25) is 0 Å². The minimum Gasteiger partial charge on any atom is -0.508 e. The van der Waals surface area contributed by atoms with Crippen molar-refractivity contribution in [2.24, 2.45) is 0 Å². The van der Waals surface area contributed by atoms with Crippen molar-refractivity contribution in [2.75, 3.05) is 11.9 Å². The molecule has 3 nitrogen and oxygen atoms in total. The van der Waals surface area contributed by atoms with E-state index in [0.717, 1.165) is 30.9 Å². The molecule has 1 atom stereocenters. The Kier molecular flexibility index (Phi) is 3.50. The van der Waals surface area contributed by atoms with Crippen molar-refractivity contribution in [1.82, 2.24) is 0 Å². The predicted octanol–water partition coefficient (Wildman–Crippen LogP) is 4.03. The zero-order valence-electron chi connectivity index (χ0n) is 11.6. The molecule has 2 aromatic carbocycles. The zero-order valence-corrected chi connectivity index (χ0v) is 11.6. The summed E-state index contributed by atoms with van der Waals surface area (Å²) in [6, 6.07) is 13.7. The lowest BCUT2D eigenvalue weighted by atomic mass is 9.99. The highest BCUT2D eigenvalue weighted by Crippen LogP contribution is 2.36. The largest absolute Gasteiger partial charge is 0.508 e. The molecule has 3 heteroatoms. The van der Waals surface area contributed by atoms with E-state index in [9.17, 15) is 5.11 Å². The molecule has 0 fully saturated rings. The summed E-state index contributed by atoms with van der Waals surface area (Å²) in [5, 5.41) is 12.9. The van der Waals surface area contributed by atoms with Gasteiger partial charge in [0.1, 0.15) is 11.5 Å². The van der Waals surface area contributed by atoms with Crippen molar-refractivity contribution < 1.29 is 9.84 Å². The van der Waals surface area contributed by atoms with Gasteiger partial charge in [-0.05, 0) is 49.6 Å². The van der Waals surface area contributed by atoms with Gasteiger partial charge in [0.05, 0.1) is 12.6 Å². The Morgan fingerprint density at radius 3 is 2.75 bits per heavy atom. The van der Waals surface area contributed by atoms with Gasteiger partial charge in [0.15, 0.2) is 0 Å². The maximum absolute atomic E-state index is 9.35. The smallest absolute Gasteiger partial charge is 0.127 e. The minimum atomic E-state index is 0.247. The van der Waals surface area contributed by atoms with Crippen LogP contribution in [0, 0.1) is 6.92 Å². The first kappa shape index (κ1) is 12.9. The summed E-state index contributed by atoms with van der Waals surface area (Å²) >= 11 is 0. The maximum Gasteiger partial charge on any atom is 0.127 e. The van der Waals surface area contributed by atoms with E-state index < -0.39 is 0 Å². The van der Waals surface area contributed by atoms with Gasteiger partial charge in [0.25, 0.3) is 0 Å². The number of benzene rings is 2. The number of hydrogen-bond acceptors (Lipinski definition) is 3. The van der Waals surface area contributed by atoms with E-state index in [1.165, 1.54) is 11.1 Å². The molecular weight excluding hydrogens is 250 g/mol. The minimum absolute atomic E-state index is 0.247. The van der Waals surface area contributed by atoms with Crippen LogP contribution in [0.4, 0.5) is 5.69 Å². The predicted molar refractivity (Wildman–Crippen MR) is 80.4 cm³/mol. The number of para-hydroxylation sites is 1.